The van der Waals surface area contributed by atoms with Crippen LogP contribution in [-0.4, -0.2) is 37.3 Å². The van der Waals surface area contributed by atoms with Crippen molar-refractivity contribution in [3.8, 4) is 17.1 Å². The molecule has 4 rings (SSSR count). The van der Waals surface area contributed by atoms with E-state index < -0.39 is 5.91 Å². The van der Waals surface area contributed by atoms with Crippen LogP contribution in [0, 0.1) is 0 Å². The fourth-order valence-corrected chi connectivity index (χ4v) is 4.62. The number of anilines is 1. The number of nitrogens with one attached hydrogen (secondary N) is 1. The maximum atomic E-state index is 12.5. The molecule has 0 bridgehead atoms. The van der Waals surface area contributed by atoms with Crippen LogP contribution in [0.4, 0.5) is 5.00 Å². The number of carbonyl (C=O) groups excluding carboxylic acids is 2. The molecule has 0 unspecified atom stereocenters. The summed E-state index contributed by atoms with van der Waals surface area (Å²) in [7, 11) is 0. The Morgan fingerprint density at radius 1 is 1.09 bits per heavy atom. The van der Waals surface area contributed by atoms with E-state index in [1.807, 2.05) is 28.8 Å². The quantitative estimate of drug-likeness (QED) is 0.383. The zero-order chi connectivity index (χ0) is 22.5. The highest BCUT2D eigenvalue weighted by Crippen LogP contribution is 2.29. The zero-order valence-electron chi connectivity index (χ0n) is 17.2. The Morgan fingerprint density at radius 3 is 2.53 bits per heavy atom. The third-order valence-electron chi connectivity index (χ3n) is 4.69. The molecule has 3 heterocycles. The monoisotopic (exact) mass is 464 g/mol. The summed E-state index contributed by atoms with van der Waals surface area (Å²) in [6.07, 6.45) is 4.34. The summed E-state index contributed by atoms with van der Waals surface area (Å²) in [4.78, 5) is 28.1. The molecule has 0 aliphatic heterocycles. The molecule has 32 heavy (non-hydrogen) atoms. The van der Waals surface area contributed by atoms with Crippen molar-refractivity contribution in [1.29, 1.82) is 0 Å². The van der Waals surface area contributed by atoms with Gasteiger partial charge in [0.2, 0.25) is 5.91 Å². The van der Waals surface area contributed by atoms with Crippen LogP contribution in [0.15, 0.2) is 65.4 Å². The van der Waals surface area contributed by atoms with Gasteiger partial charge in [0.05, 0.1) is 11.3 Å². The average Bonchev–Trinajstić information content (AvgIpc) is 3.45. The van der Waals surface area contributed by atoms with Gasteiger partial charge in [0, 0.05) is 23.6 Å². The van der Waals surface area contributed by atoms with Crippen molar-refractivity contribution in [2.75, 3.05) is 11.1 Å². The van der Waals surface area contributed by atoms with Crippen molar-refractivity contribution in [2.45, 2.75) is 18.5 Å². The summed E-state index contributed by atoms with van der Waals surface area (Å²) >= 11 is 2.51. The van der Waals surface area contributed by atoms with E-state index in [9.17, 15) is 9.59 Å². The van der Waals surface area contributed by atoms with Gasteiger partial charge in [-0.3, -0.25) is 19.1 Å². The second kappa shape index (κ2) is 9.75. The Bertz CT molecular complexity index is 1240. The van der Waals surface area contributed by atoms with Gasteiger partial charge < -0.3 is 11.1 Å². The average molecular weight is 465 g/mol. The summed E-state index contributed by atoms with van der Waals surface area (Å²) in [5.74, 6) is -0.0842. The molecule has 0 saturated carbocycles. The Morgan fingerprint density at radius 2 is 1.84 bits per heavy atom. The summed E-state index contributed by atoms with van der Waals surface area (Å²) in [5, 5.41) is 14.2. The van der Waals surface area contributed by atoms with Crippen LogP contribution >= 0.6 is 23.1 Å². The third kappa shape index (κ3) is 4.71. The summed E-state index contributed by atoms with van der Waals surface area (Å²) in [5.41, 5.74) is 8.64. The van der Waals surface area contributed by atoms with E-state index >= 15 is 0 Å². The van der Waals surface area contributed by atoms with Crippen molar-refractivity contribution < 1.29 is 9.59 Å². The van der Waals surface area contributed by atoms with Crippen LogP contribution in [0.25, 0.3) is 17.1 Å². The molecule has 10 heteroatoms. The van der Waals surface area contributed by atoms with Crippen LogP contribution in [0.3, 0.4) is 0 Å². The predicted octanol–water partition coefficient (Wildman–Crippen LogP) is 3.78. The lowest BCUT2D eigenvalue weighted by Gasteiger charge is -2.11. The van der Waals surface area contributed by atoms with E-state index in [1.165, 1.54) is 28.7 Å². The van der Waals surface area contributed by atoms with Crippen LogP contribution in [0.1, 0.15) is 22.8 Å². The van der Waals surface area contributed by atoms with Crippen molar-refractivity contribution in [2.24, 2.45) is 5.73 Å². The minimum Gasteiger partial charge on any atom is -0.366 e. The van der Waals surface area contributed by atoms with Crippen LogP contribution in [0.2, 0.25) is 0 Å². The topological polar surface area (TPSA) is 116 Å². The maximum absolute atomic E-state index is 12.5. The van der Waals surface area contributed by atoms with Gasteiger partial charge >= 0.3 is 0 Å². The smallest absolute Gasteiger partial charge is 0.251 e. The molecule has 1 aromatic carbocycles. The van der Waals surface area contributed by atoms with Gasteiger partial charge in [-0.05, 0) is 47.7 Å². The fourth-order valence-electron chi connectivity index (χ4n) is 3.06. The normalized spacial score (nSPS) is 10.8. The Labute approximate surface area is 192 Å². The van der Waals surface area contributed by atoms with Gasteiger partial charge in [-0.15, -0.1) is 21.5 Å². The van der Waals surface area contributed by atoms with Gasteiger partial charge in [-0.1, -0.05) is 30.8 Å². The van der Waals surface area contributed by atoms with Crippen molar-refractivity contribution in [3.05, 3.63) is 71.4 Å². The van der Waals surface area contributed by atoms with Gasteiger partial charge in [0.15, 0.2) is 11.0 Å². The second-order valence-electron chi connectivity index (χ2n) is 6.76. The Balaban J connectivity index is 1.59. The number of nitrogens with zero attached hydrogens (tertiary/aromatic N) is 4. The maximum Gasteiger partial charge on any atom is 0.251 e. The minimum atomic E-state index is -0.577. The molecule has 2 amide bonds. The molecule has 3 aromatic heterocycles. The number of primary amides is 1. The van der Waals surface area contributed by atoms with E-state index in [0.717, 1.165) is 17.7 Å². The lowest BCUT2D eigenvalue weighted by molar-refractivity contribution is -0.113. The first-order valence-electron chi connectivity index (χ1n) is 9.82. The lowest BCUT2D eigenvalue weighted by Crippen LogP contribution is -2.18. The molecule has 8 nitrogen and oxygen atoms in total. The minimum absolute atomic E-state index is 0.0949. The molecular weight excluding hydrogens is 444 g/mol. The first-order chi connectivity index (χ1) is 15.6. The highest BCUT2D eigenvalue weighted by atomic mass is 32.2. The van der Waals surface area contributed by atoms with E-state index in [0.29, 0.717) is 21.5 Å². The number of pyridine rings is 1. The van der Waals surface area contributed by atoms with Crippen molar-refractivity contribution >= 4 is 39.9 Å². The number of rotatable bonds is 8. The number of aryl methyl sites for hydroxylation is 1. The summed E-state index contributed by atoms with van der Waals surface area (Å²) < 4.78 is 1.92. The number of thiophene rings is 1. The molecule has 162 valence electrons. The molecule has 0 saturated heterocycles. The first-order valence-corrected chi connectivity index (χ1v) is 11.7. The molecule has 0 aliphatic carbocycles. The lowest BCUT2D eigenvalue weighted by atomic mass is 10.1. The number of carbonyl (C=O) groups is 2. The largest absolute Gasteiger partial charge is 0.366 e. The standard InChI is InChI=1S/C22H20N6O2S2/c1-2-14-3-5-16(6-4-14)28-20(15-7-10-24-11-8-15)26-27-22(28)32-13-18(29)25-21-17(19(23)30)9-12-31-21/h3-12H,2,13H2,1H3,(H2,23,30)(H,25,29). The fraction of sp³-hybridized carbons (Fsp3) is 0.136. The molecule has 0 fully saturated rings. The summed E-state index contributed by atoms with van der Waals surface area (Å²) in [6.45, 7) is 2.10. The van der Waals surface area contributed by atoms with Gasteiger partial charge in [-0.25, -0.2) is 0 Å². The highest BCUT2D eigenvalue weighted by Gasteiger charge is 2.18. The molecule has 0 spiro atoms. The molecular formula is C22H20N6O2S2. The SMILES string of the molecule is CCc1ccc(-n2c(SCC(=O)Nc3sccc3C(N)=O)nnc2-c2ccncc2)cc1. The number of nitrogens with two attached hydrogens (primary N) is 1. The second-order valence-corrected chi connectivity index (χ2v) is 8.62. The first kappa shape index (κ1) is 21.7. The number of thioether (sulfide) groups is 1. The van der Waals surface area contributed by atoms with Crippen molar-refractivity contribution in [1.82, 2.24) is 19.7 Å². The molecule has 4 aromatic rings. The molecule has 3 N–H and O–H groups in total. The highest BCUT2D eigenvalue weighted by molar-refractivity contribution is 7.99. The number of amides is 2. The van der Waals surface area contributed by atoms with E-state index in [4.69, 9.17) is 5.73 Å². The molecule has 0 radical (unpaired) electrons. The third-order valence-corrected chi connectivity index (χ3v) is 6.45. The number of benzene rings is 1. The predicted molar refractivity (Wildman–Crippen MR) is 126 cm³/mol. The van der Waals surface area contributed by atoms with E-state index in [2.05, 4.69) is 39.6 Å². The number of hydrogen-bond acceptors (Lipinski definition) is 7. The number of aromatic nitrogens is 4. The number of hydrogen-bond donors (Lipinski definition) is 2. The van der Waals surface area contributed by atoms with Crippen LogP contribution in [0.5, 0.6) is 0 Å². The zero-order valence-corrected chi connectivity index (χ0v) is 18.8. The van der Waals surface area contributed by atoms with Crippen LogP contribution in [-0.2, 0) is 11.2 Å². The van der Waals surface area contributed by atoms with E-state index in [1.54, 1.807) is 23.8 Å². The van der Waals surface area contributed by atoms with Gasteiger partial charge in [-0.2, -0.15) is 0 Å². The summed E-state index contributed by atoms with van der Waals surface area (Å²) in [6, 6.07) is 13.5. The van der Waals surface area contributed by atoms with E-state index in [-0.39, 0.29) is 11.7 Å². The van der Waals surface area contributed by atoms with Gasteiger partial charge in [0.25, 0.3) is 5.91 Å². The van der Waals surface area contributed by atoms with Crippen molar-refractivity contribution in [3.63, 3.8) is 0 Å². The Kier molecular flexibility index (Phi) is 6.62. The van der Waals surface area contributed by atoms with Gasteiger partial charge in [0.1, 0.15) is 5.00 Å². The Hall–Kier alpha value is -3.50. The molecule has 0 atom stereocenters. The molecule has 0 aliphatic rings. The van der Waals surface area contributed by atoms with Crippen LogP contribution < -0.4 is 11.1 Å².